The molecule has 1 saturated heterocycles. The number of hydrogen-bond acceptors (Lipinski definition) is 5. The van der Waals surface area contributed by atoms with Crippen LogP contribution in [0.5, 0.6) is 0 Å². The molecular weight excluding hydrogens is 361 g/mol. The van der Waals surface area contributed by atoms with Gasteiger partial charge in [0.05, 0.1) is 0 Å². The van der Waals surface area contributed by atoms with Gasteiger partial charge in [-0.15, -0.1) is 0 Å². The molecule has 1 aliphatic carbocycles. The summed E-state index contributed by atoms with van der Waals surface area (Å²) in [6.07, 6.45) is -3.12. The number of nitrogens with one attached hydrogen (secondary N) is 1. The molecular formula is C18H25F3N4O2. The maximum Gasteiger partial charge on any atom is 0.433 e. The second-order valence-corrected chi connectivity index (χ2v) is 8.24. The zero-order valence-corrected chi connectivity index (χ0v) is 15.9. The maximum absolute atomic E-state index is 12.9. The van der Waals surface area contributed by atoms with Crippen molar-refractivity contribution < 1.29 is 22.7 Å². The minimum atomic E-state index is -4.50. The number of aromatic nitrogens is 2. The Balaban J connectivity index is 1.69. The molecule has 9 heteroatoms. The van der Waals surface area contributed by atoms with E-state index in [4.69, 9.17) is 4.74 Å². The van der Waals surface area contributed by atoms with Crippen LogP contribution in [-0.2, 0) is 10.9 Å². The molecule has 1 aromatic heterocycles. The van der Waals surface area contributed by atoms with Gasteiger partial charge in [-0.3, -0.25) is 0 Å². The molecule has 0 spiro atoms. The van der Waals surface area contributed by atoms with Gasteiger partial charge < -0.3 is 15.0 Å². The Labute approximate surface area is 156 Å². The van der Waals surface area contributed by atoms with Crippen LogP contribution in [-0.4, -0.2) is 40.8 Å². The second kappa shape index (κ2) is 6.83. The van der Waals surface area contributed by atoms with Gasteiger partial charge in [0.2, 0.25) is 0 Å². The van der Waals surface area contributed by atoms with Gasteiger partial charge in [0.1, 0.15) is 23.4 Å². The number of alkyl halides is 3. The van der Waals surface area contributed by atoms with Crippen molar-refractivity contribution in [2.24, 2.45) is 17.8 Å². The Bertz CT molecular complexity index is 705. The highest BCUT2D eigenvalue weighted by atomic mass is 19.4. The Morgan fingerprint density at radius 3 is 2.52 bits per heavy atom. The lowest BCUT2D eigenvalue weighted by atomic mass is 9.61. The van der Waals surface area contributed by atoms with Crippen molar-refractivity contribution in [3.05, 3.63) is 18.1 Å². The lowest BCUT2D eigenvalue weighted by Gasteiger charge is -2.48. The third kappa shape index (κ3) is 4.11. The van der Waals surface area contributed by atoms with E-state index in [9.17, 15) is 18.0 Å². The molecule has 4 atom stereocenters. The maximum atomic E-state index is 12.9. The summed E-state index contributed by atoms with van der Waals surface area (Å²) >= 11 is 0. The molecule has 2 unspecified atom stereocenters. The molecule has 2 fully saturated rings. The van der Waals surface area contributed by atoms with E-state index < -0.39 is 23.6 Å². The summed E-state index contributed by atoms with van der Waals surface area (Å²) in [5.41, 5.74) is -1.52. The van der Waals surface area contributed by atoms with Crippen LogP contribution in [0, 0.1) is 17.8 Å². The fourth-order valence-electron chi connectivity index (χ4n) is 4.20. The molecule has 0 radical (unpaired) electrons. The highest BCUT2D eigenvalue weighted by Crippen LogP contribution is 2.48. The number of rotatable bonds is 3. The zero-order chi connectivity index (χ0) is 20.0. The summed E-state index contributed by atoms with van der Waals surface area (Å²) in [4.78, 5) is 21.3. The number of ether oxygens (including phenoxy) is 1. The molecule has 27 heavy (non-hydrogen) atoms. The monoisotopic (exact) mass is 386 g/mol. The molecule has 0 bridgehead atoms. The van der Waals surface area contributed by atoms with Crippen LogP contribution < -0.4 is 10.2 Å². The fourth-order valence-corrected chi connectivity index (χ4v) is 4.20. The number of amides is 1. The second-order valence-electron chi connectivity index (χ2n) is 8.24. The Morgan fingerprint density at radius 2 is 1.93 bits per heavy atom. The van der Waals surface area contributed by atoms with Crippen molar-refractivity contribution in [2.45, 2.75) is 51.9 Å². The smallest absolute Gasteiger partial charge is 0.433 e. The van der Waals surface area contributed by atoms with Crippen LogP contribution in [0.25, 0.3) is 0 Å². The highest BCUT2D eigenvalue weighted by molar-refractivity contribution is 5.68. The molecule has 1 aliphatic heterocycles. The van der Waals surface area contributed by atoms with E-state index in [2.05, 4.69) is 22.2 Å². The van der Waals surface area contributed by atoms with Gasteiger partial charge >= 0.3 is 12.3 Å². The average molecular weight is 386 g/mol. The number of halogens is 3. The fraction of sp³-hybridized carbons (Fsp3) is 0.722. The van der Waals surface area contributed by atoms with Gasteiger partial charge in [-0.1, -0.05) is 13.3 Å². The van der Waals surface area contributed by atoms with Crippen molar-refractivity contribution >= 4 is 11.9 Å². The van der Waals surface area contributed by atoms with E-state index in [-0.39, 0.29) is 23.7 Å². The van der Waals surface area contributed by atoms with Crippen molar-refractivity contribution in [3.8, 4) is 0 Å². The van der Waals surface area contributed by atoms with E-state index in [0.717, 1.165) is 18.8 Å². The number of hydrogen-bond donors (Lipinski definition) is 1. The van der Waals surface area contributed by atoms with Crippen LogP contribution >= 0.6 is 0 Å². The van der Waals surface area contributed by atoms with Crippen LogP contribution in [0.15, 0.2) is 12.4 Å². The van der Waals surface area contributed by atoms with E-state index in [1.807, 2.05) is 4.90 Å². The molecule has 1 amide bonds. The molecule has 2 aliphatic rings. The zero-order valence-electron chi connectivity index (χ0n) is 15.9. The largest absolute Gasteiger partial charge is 0.444 e. The lowest BCUT2D eigenvalue weighted by molar-refractivity contribution is -0.141. The molecule has 2 heterocycles. The number of nitrogens with zero attached hydrogens (tertiary/aromatic N) is 3. The standard InChI is InChI=1S/C18H25F3N4O2/c1-5-10-11-7-25(14-6-13(18(19,20)21)22-9-23-14)8-12(11)15(10)24-16(26)27-17(2,3)4/h6,9-12,15H,5,7-8H2,1-4H3,(H,24,26)/t10?,11?,12-,15-/m1/s1. The van der Waals surface area contributed by atoms with Gasteiger partial charge in [-0.25, -0.2) is 14.8 Å². The molecule has 1 N–H and O–H groups in total. The van der Waals surface area contributed by atoms with Gasteiger partial charge in [-0.2, -0.15) is 13.2 Å². The predicted octanol–water partition coefficient (Wildman–Crippen LogP) is 3.48. The first-order chi connectivity index (χ1) is 12.5. The quantitative estimate of drug-likeness (QED) is 0.862. The molecule has 1 aromatic rings. The Hall–Kier alpha value is -2.06. The summed E-state index contributed by atoms with van der Waals surface area (Å²) in [5.74, 6) is 1.04. The van der Waals surface area contributed by atoms with E-state index in [1.165, 1.54) is 0 Å². The summed E-state index contributed by atoms with van der Waals surface area (Å²) in [6, 6.07) is 0.950. The molecule has 6 nitrogen and oxygen atoms in total. The van der Waals surface area contributed by atoms with Crippen molar-refractivity contribution in [3.63, 3.8) is 0 Å². The van der Waals surface area contributed by atoms with Gasteiger partial charge in [0, 0.05) is 31.1 Å². The van der Waals surface area contributed by atoms with Gasteiger partial charge in [0.25, 0.3) is 0 Å². The molecule has 3 rings (SSSR count). The van der Waals surface area contributed by atoms with Crippen molar-refractivity contribution in [2.75, 3.05) is 18.0 Å². The SMILES string of the molecule is CCC1C2CN(c3cc(C(F)(F)F)ncn3)C[C@H]2[C@@H]1NC(=O)OC(C)(C)C. The van der Waals surface area contributed by atoms with Crippen LogP contribution in [0.2, 0.25) is 0 Å². The first kappa shape index (κ1) is 19.7. The van der Waals surface area contributed by atoms with Crippen molar-refractivity contribution in [1.82, 2.24) is 15.3 Å². The first-order valence-electron chi connectivity index (χ1n) is 9.13. The van der Waals surface area contributed by atoms with Crippen LogP contribution in [0.4, 0.5) is 23.8 Å². The Morgan fingerprint density at radius 1 is 1.26 bits per heavy atom. The van der Waals surface area contributed by atoms with Crippen LogP contribution in [0.1, 0.15) is 39.8 Å². The summed E-state index contributed by atoms with van der Waals surface area (Å²) in [6.45, 7) is 8.65. The molecule has 0 aromatic carbocycles. The number of carbonyl (C=O) groups is 1. The average Bonchev–Trinajstić information content (AvgIpc) is 2.91. The first-order valence-corrected chi connectivity index (χ1v) is 9.13. The third-order valence-corrected chi connectivity index (χ3v) is 5.31. The van der Waals surface area contributed by atoms with E-state index in [0.29, 0.717) is 19.0 Å². The highest BCUT2D eigenvalue weighted by Gasteiger charge is 2.55. The number of fused-ring (bicyclic) bond motifs is 1. The minimum Gasteiger partial charge on any atom is -0.444 e. The number of alkyl carbamates (subject to hydrolysis) is 1. The summed E-state index contributed by atoms with van der Waals surface area (Å²) in [5, 5.41) is 2.95. The number of anilines is 1. The third-order valence-electron chi connectivity index (χ3n) is 5.31. The number of carbonyl (C=O) groups excluding carboxylic acids is 1. The van der Waals surface area contributed by atoms with E-state index >= 15 is 0 Å². The predicted molar refractivity (Wildman–Crippen MR) is 93.2 cm³/mol. The molecule has 1 saturated carbocycles. The lowest BCUT2D eigenvalue weighted by Crippen LogP contribution is -2.59. The van der Waals surface area contributed by atoms with Crippen molar-refractivity contribution in [1.29, 1.82) is 0 Å². The van der Waals surface area contributed by atoms with Gasteiger partial charge in [0.15, 0.2) is 0 Å². The normalized spacial score (nSPS) is 27.7. The van der Waals surface area contributed by atoms with Gasteiger partial charge in [-0.05, 0) is 32.6 Å². The van der Waals surface area contributed by atoms with E-state index in [1.54, 1.807) is 20.8 Å². The Kier molecular flexibility index (Phi) is 4.98. The molecule has 150 valence electrons. The topological polar surface area (TPSA) is 67.4 Å². The summed E-state index contributed by atoms with van der Waals surface area (Å²) in [7, 11) is 0. The summed E-state index contributed by atoms with van der Waals surface area (Å²) < 4.78 is 44.1. The van der Waals surface area contributed by atoms with Crippen LogP contribution in [0.3, 0.4) is 0 Å². The minimum absolute atomic E-state index is 0.0382.